The molecule has 0 fully saturated rings. The Hall–Kier alpha value is -3.05. The highest BCUT2D eigenvalue weighted by atomic mass is 16.1. The van der Waals surface area contributed by atoms with Crippen molar-refractivity contribution in [1.29, 1.82) is 0 Å². The van der Waals surface area contributed by atoms with E-state index in [2.05, 4.69) is 34.4 Å². The van der Waals surface area contributed by atoms with Crippen LogP contribution in [0.15, 0.2) is 59.7 Å². The second kappa shape index (κ2) is 7.29. The van der Waals surface area contributed by atoms with Crippen LogP contribution < -0.4 is 5.73 Å². The normalized spacial score (nSPS) is 13.4. The molecule has 1 aliphatic heterocycles. The van der Waals surface area contributed by atoms with Crippen molar-refractivity contribution in [2.24, 2.45) is 17.8 Å². The number of aromatic nitrogens is 2. The van der Waals surface area contributed by atoms with Gasteiger partial charge in [-0.15, -0.1) is 0 Å². The summed E-state index contributed by atoms with van der Waals surface area (Å²) in [5, 5.41) is 4.47. The lowest BCUT2D eigenvalue weighted by Gasteiger charge is -2.16. The maximum Gasteiger partial charge on any atom is 0.184 e. The number of ketones is 1. The van der Waals surface area contributed by atoms with Gasteiger partial charge in [0.15, 0.2) is 5.78 Å². The lowest BCUT2D eigenvalue weighted by atomic mass is 9.92. The van der Waals surface area contributed by atoms with Crippen LogP contribution in [0.3, 0.4) is 0 Å². The number of aliphatic imine (C=N–C) groups is 1. The summed E-state index contributed by atoms with van der Waals surface area (Å²) < 4.78 is 1.93. The van der Waals surface area contributed by atoms with Crippen LogP contribution in [0.2, 0.25) is 0 Å². The number of benzene rings is 2. The molecule has 0 bridgehead atoms. The number of rotatable bonds is 5. The average Bonchev–Trinajstić information content (AvgIpc) is 3.08. The van der Waals surface area contributed by atoms with Crippen molar-refractivity contribution in [2.75, 3.05) is 13.1 Å². The van der Waals surface area contributed by atoms with Crippen molar-refractivity contribution in [3.63, 3.8) is 0 Å². The van der Waals surface area contributed by atoms with Crippen molar-refractivity contribution in [1.82, 2.24) is 9.78 Å². The highest BCUT2D eigenvalue weighted by molar-refractivity contribution is 6.16. The number of nitrogens with two attached hydrogens (primary N) is 1. The second-order valence-corrected chi connectivity index (χ2v) is 6.76. The summed E-state index contributed by atoms with van der Waals surface area (Å²) >= 11 is 0. The van der Waals surface area contributed by atoms with Crippen LogP contribution in [0.25, 0.3) is 11.1 Å². The predicted octanol–water partition coefficient (Wildman–Crippen LogP) is 2.82. The van der Waals surface area contributed by atoms with Gasteiger partial charge >= 0.3 is 0 Å². The monoisotopic (exact) mass is 358 g/mol. The standard InChI is InChI=1S/C22H22N4O/c1-26-21(10-7-15-5-3-2-4-6-15)19(13-25-26)16-8-9-17-18(11-16)20(12-23)24-14-22(17)27/h2-6,8-9,11,13H,7,10,12,14,23H2,1H3. The molecule has 1 aromatic heterocycles. The molecule has 0 spiro atoms. The third kappa shape index (κ3) is 3.34. The molecule has 0 saturated heterocycles. The summed E-state index contributed by atoms with van der Waals surface area (Å²) in [5.74, 6) is 0.0456. The molecule has 5 nitrogen and oxygen atoms in total. The maximum atomic E-state index is 12.2. The van der Waals surface area contributed by atoms with Gasteiger partial charge in [-0.1, -0.05) is 42.5 Å². The van der Waals surface area contributed by atoms with E-state index in [1.165, 1.54) is 11.3 Å². The predicted molar refractivity (Wildman–Crippen MR) is 107 cm³/mol. The van der Waals surface area contributed by atoms with E-state index in [9.17, 15) is 4.79 Å². The number of hydrogen-bond donors (Lipinski definition) is 1. The van der Waals surface area contributed by atoms with Crippen LogP contribution in [-0.4, -0.2) is 34.4 Å². The van der Waals surface area contributed by atoms with E-state index in [1.807, 2.05) is 42.2 Å². The van der Waals surface area contributed by atoms with E-state index < -0.39 is 0 Å². The molecule has 0 amide bonds. The molecule has 136 valence electrons. The summed E-state index contributed by atoms with van der Waals surface area (Å²) in [7, 11) is 1.97. The highest BCUT2D eigenvalue weighted by Crippen LogP contribution is 2.28. The molecule has 0 aliphatic carbocycles. The third-order valence-electron chi connectivity index (χ3n) is 5.10. The lowest BCUT2D eigenvalue weighted by molar-refractivity contribution is 0.1000. The van der Waals surface area contributed by atoms with E-state index in [0.717, 1.165) is 35.2 Å². The summed E-state index contributed by atoms with van der Waals surface area (Å²) in [5.41, 5.74) is 12.8. The molecule has 0 unspecified atom stereocenters. The molecule has 1 aliphatic rings. The number of nitrogens with zero attached hydrogens (tertiary/aromatic N) is 3. The molecule has 3 aromatic rings. The molecule has 4 rings (SSSR count). The maximum absolute atomic E-state index is 12.2. The van der Waals surface area contributed by atoms with Gasteiger partial charge in [-0.05, 0) is 30.0 Å². The minimum atomic E-state index is 0.0456. The Bertz CT molecular complexity index is 1020. The molecule has 0 atom stereocenters. The minimum Gasteiger partial charge on any atom is -0.325 e. The average molecular weight is 358 g/mol. The van der Waals surface area contributed by atoms with Crippen LogP contribution in [0, 0.1) is 0 Å². The fourth-order valence-corrected chi connectivity index (χ4v) is 3.61. The zero-order valence-corrected chi connectivity index (χ0v) is 15.4. The zero-order valence-electron chi connectivity index (χ0n) is 15.4. The van der Waals surface area contributed by atoms with E-state index in [0.29, 0.717) is 12.1 Å². The van der Waals surface area contributed by atoms with Gasteiger partial charge in [-0.2, -0.15) is 5.10 Å². The first-order chi connectivity index (χ1) is 13.2. The van der Waals surface area contributed by atoms with Gasteiger partial charge in [-0.25, -0.2) is 0 Å². The van der Waals surface area contributed by atoms with Crippen LogP contribution in [-0.2, 0) is 19.9 Å². The van der Waals surface area contributed by atoms with Gasteiger partial charge < -0.3 is 5.73 Å². The first-order valence-corrected chi connectivity index (χ1v) is 9.13. The smallest absolute Gasteiger partial charge is 0.184 e. The summed E-state index contributed by atoms with van der Waals surface area (Å²) in [6, 6.07) is 16.4. The zero-order chi connectivity index (χ0) is 18.8. The van der Waals surface area contributed by atoms with Crippen molar-refractivity contribution in [3.8, 4) is 11.1 Å². The first-order valence-electron chi connectivity index (χ1n) is 9.13. The Balaban J connectivity index is 1.69. The number of carbonyl (C=O) groups is 1. The van der Waals surface area contributed by atoms with Crippen LogP contribution in [0.1, 0.15) is 27.2 Å². The summed E-state index contributed by atoms with van der Waals surface area (Å²) in [6.45, 7) is 0.520. The molecule has 5 heteroatoms. The van der Waals surface area contributed by atoms with Crippen molar-refractivity contribution >= 4 is 11.5 Å². The molecule has 0 saturated carbocycles. The quantitative estimate of drug-likeness (QED) is 0.762. The minimum absolute atomic E-state index is 0.0456. The largest absolute Gasteiger partial charge is 0.325 e. The Labute approximate surface area is 158 Å². The fourth-order valence-electron chi connectivity index (χ4n) is 3.61. The first kappa shape index (κ1) is 17.4. The van der Waals surface area contributed by atoms with Gasteiger partial charge in [0.1, 0.15) is 6.54 Å². The van der Waals surface area contributed by atoms with Gasteiger partial charge in [0, 0.05) is 36.0 Å². The van der Waals surface area contributed by atoms with Crippen LogP contribution in [0.4, 0.5) is 0 Å². The number of Topliss-reactive ketones (excluding diaryl/α,β-unsaturated/α-hetero) is 1. The molecule has 2 N–H and O–H groups in total. The van der Waals surface area contributed by atoms with Crippen molar-refractivity contribution < 1.29 is 4.79 Å². The molecule has 27 heavy (non-hydrogen) atoms. The third-order valence-corrected chi connectivity index (χ3v) is 5.10. The highest BCUT2D eigenvalue weighted by Gasteiger charge is 2.21. The van der Waals surface area contributed by atoms with Crippen LogP contribution in [0.5, 0.6) is 0 Å². The fraction of sp³-hybridized carbons (Fsp3) is 0.227. The van der Waals surface area contributed by atoms with E-state index >= 15 is 0 Å². The van der Waals surface area contributed by atoms with Gasteiger partial charge in [0.05, 0.1) is 11.9 Å². The van der Waals surface area contributed by atoms with Gasteiger partial charge in [-0.3, -0.25) is 14.5 Å². The topological polar surface area (TPSA) is 73.3 Å². The Kier molecular flexibility index (Phi) is 4.69. The van der Waals surface area contributed by atoms with E-state index in [1.54, 1.807) is 0 Å². The Morgan fingerprint density at radius 2 is 1.85 bits per heavy atom. The number of aryl methyl sites for hydroxylation is 2. The molecular weight excluding hydrogens is 336 g/mol. The summed E-state index contributed by atoms with van der Waals surface area (Å²) in [4.78, 5) is 16.5. The lowest BCUT2D eigenvalue weighted by Crippen LogP contribution is -2.24. The number of fused-ring (bicyclic) bond motifs is 1. The van der Waals surface area contributed by atoms with Crippen molar-refractivity contribution in [3.05, 3.63) is 77.1 Å². The summed E-state index contributed by atoms with van der Waals surface area (Å²) in [6.07, 6.45) is 3.74. The van der Waals surface area contributed by atoms with Gasteiger partial charge in [0.25, 0.3) is 0 Å². The van der Waals surface area contributed by atoms with E-state index in [-0.39, 0.29) is 12.3 Å². The Morgan fingerprint density at radius 3 is 2.63 bits per heavy atom. The molecule has 2 aromatic carbocycles. The van der Waals surface area contributed by atoms with Crippen molar-refractivity contribution in [2.45, 2.75) is 12.8 Å². The number of carbonyl (C=O) groups excluding carboxylic acids is 1. The van der Waals surface area contributed by atoms with E-state index in [4.69, 9.17) is 5.73 Å². The van der Waals surface area contributed by atoms with Gasteiger partial charge in [0.2, 0.25) is 0 Å². The Morgan fingerprint density at radius 1 is 1.04 bits per heavy atom. The number of hydrogen-bond acceptors (Lipinski definition) is 4. The van der Waals surface area contributed by atoms with Crippen LogP contribution >= 0.6 is 0 Å². The molecule has 0 radical (unpaired) electrons. The molecular formula is C22H22N4O. The SMILES string of the molecule is Cn1ncc(-c2ccc3c(c2)C(CN)=NCC3=O)c1CCc1ccccc1. The molecule has 2 heterocycles. The second-order valence-electron chi connectivity index (χ2n) is 6.76.